The van der Waals surface area contributed by atoms with E-state index >= 15 is 0 Å². The zero-order chi connectivity index (χ0) is 22.5. The molecule has 32 heavy (non-hydrogen) atoms. The van der Waals surface area contributed by atoms with Crippen molar-refractivity contribution >= 4 is 17.6 Å². The molecule has 7 heteroatoms. The number of fused-ring (bicyclic) bond motifs is 1. The van der Waals surface area contributed by atoms with Crippen LogP contribution in [0.15, 0.2) is 54.6 Å². The van der Waals surface area contributed by atoms with Crippen molar-refractivity contribution in [1.29, 1.82) is 0 Å². The Bertz CT molecular complexity index is 977. The van der Waals surface area contributed by atoms with E-state index in [1.165, 1.54) is 0 Å². The predicted octanol–water partition coefficient (Wildman–Crippen LogP) is 3.19. The number of carbonyl (C=O) groups excluding carboxylic acids is 3. The van der Waals surface area contributed by atoms with Gasteiger partial charge < -0.3 is 19.7 Å². The van der Waals surface area contributed by atoms with Gasteiger partial charge in [0.2, 0.25) is 5.91 Å². The van der Waals surface area contributed by atoms with Crippen LogP contribution in [0.2, 0.25) is 0 Å². The predicted molar refractivity (Wildman–Crippen MR) is 119 cm³/mol. The average Bonchev–Trinajstić information content (AvgIpc) is 3.37. The van der Waals surface area contributed by atoms with Gasteiger partial charge in [0.15, 0.2) is 5.78 Å². The highest BCUT2D eigenvalue weighted by atomic mass is 16.5. The third-order valence-electron chi connectivity index (χ3n) is 5.95. The third kappa shape index (κ3) is 5.16. The molecule has 1 N–H and O–H groups in total. The minimum absolute atomic E-state index is 0.000703. The summed E-state index contributed by atoms with van der Waals surface area (Å²) in [5.41, 5.74) is 0.519. The summed E-state index contributed by atoms with van der Waals surface area (Å²) < 4.78 is 11.2. The molecule has 2 aliphatic heterocycles. The van der Waals surface area contributed by atoms with E-state index in [1.54, 1.807) is 29.2 Å². The van der Waals surface area contributed by atoms with Gasteiger partial charge in [-0.05, 0) is 49.1 Å². The van der Waals surface area contributed by atoms with Gasteiger partial charge in [-0.25, -0.2) is 0 Å². The summed E-state index contributed by atoms with van der Waals surface area (Å²) in [4.78, 5) is 38.9. The van der Waals surface area contributed by atoms with Gasteiger partial charge in [-0.2, -0.15) is 0 Å². The summed E-state index contributed by atoms with van der Waals surface area (Å²) in [5, 5.41) is 2.91. The lowest BCUT2D eigenvalue weighted by molar-refractivity contribution is -0.137. The molecule has 2 aliphatic rings. The Morgan fingerprint density at radius 1 is 1.16 bits per heavy atom. The van der Waals surface area contributed by atoms with Gasteiger partial charge in [0.05, 0.1) is 6.10 Å². The Hall–Kier alpha value is -3.19. The molecule has 3 unspecified atom stereocenters. The molecule has 2 aromatic rings. The molecule has 7 nitrogen and oxygen atoms in total. The average molecular weight is 437 g/mol. The van der Waals surface area contributed by atoms with Gasteiger partial charge >= 0.3 is 0 Å². The number of hydrogen-bond acceptors (Lipinski definition) is 5. The summed E-state index contributed by atoms with van der Waals surface area (Å²) in [7, 11) is 0. The molecule has 0 spiro atoms. The molecule has 168 valence electrons. The van der Waals surface area contributed by atoms with Gasteiger partial charge in [0.25, 0.3) is 5.91 Å². The van der Waals surface area contributed by atoms with E-state index in [-0.39, 0.29) is 36.2 Å². The number of benzene rings is 2. The van der Waals surface area contributed by atoms with E-state index in [0.717, 1.165) is 6.42 Å². The number of para-hydroxylation sites is 1. The van der Waals surface area contributed by atoms with Crippen LogP contribution in [0.25, 0.3) is 0 Å². The van der Waals surface area contributed by atoms with Crippen molar-refractivity contribution in [1.82, 2.24) is 10.2 Å². The molecule has 0 radical (unpaired) electrons. The first-order chi connectivity index (χ1) is 15.5. The normalized spacial score (nSPS) is 20.7. The molecule has 2 heterocycles. The van der Waals surface area contributed by atoms with E-state index in [4.69, 9.17) is 9.47 Å². The molecule has 0 aliphatic carbocycles. The quantitative estimate of drug-likeness (QED) is 0.687. The van der Waals surface area contributed by atoms with Crippen LogP contribution in [0.5, 0.6) is 11.5 Å². The Balaban J connectivity index is 1.23. The molecule has 2 fully saturated rings. The van der Waals surface area contributed by atoms with E-state index in [0.29, 0.717) is 43.0 Å². The largest absolute Gasteiger partial charge is 0.457 e. The Morgan fingerprint density at radius 3 is 2.75 bits per heavy atom. The van der Waals surface area contributed by atoms with Crippen LogP contribution in [-0.4, -0.2) is 54.3 Å². The van der Waals surface area contributed by atoms with Gasteiger partial charge in [0.1, 0.15) is 24.1 Å². The number of ether oxygens (including phenoxy) is 2. The summed E-state index contributed by atoms with van der Waals surface area (Å²) in [6.45, 7) is 3.13. The number of likely N-dealkylation sites (tertiary alicyclic amines) is 1. The van der Waals surface area contributed by atoms with Crippen molar-refractivity contribution in [3.63, 3.8) is 0 Å². The van der Waals surface area contributed by atoms with Crippen LogP contribution in [0, 0.1) is 5.92 Å². The molecule has 0 saturated carbocycles. The van der Waals surface area contributed by atoms with Crippen molar-refractivity contribution in [2.45, 2.75) is 38.3 Å². The molecular formula is C25H28N2O5. The maximum absolute atomic E-state index is 12.7. The molecular weight excluding hydrogens is 408 g/mol. The number of ketones is 1. The topological polar surface area (TPSA) is 84.9 Å². The fraction of sp³-hybridized carbons (Fsp3) is 0.400. The number of Topliss-reactive ketones (excluding diaryl/α,β-unsaturated/α-hetero) is 1. The number of carbonyl (C=O) groups is 3. The number of amides is 2. The molecule has 2 amide bonds. The lowest BCUT2D eigenvalue weighted by Crippen LogP contribution is -2.42. The smallest absolute Gasteiger partial charge is 0.251 e. The van der Waals surface area contributed by atoms with E-state index in [1.807, 2.05) is 37.3 Å². The summed E-state index contributed by atoms with van der Waals surface area (Å²) >= 11 is 0. The SMILES string of the molecule is CC(CCNC(=O)c1cccc(Oc2ccccc2)c1)CC(=O)N1CCC2OCC(=O)C21. The second-order valence-corrected chi connectivity index (χ2v) is 8.43. The second-order valence-electron chi connectivity index (χ2n) is 8.43. The standard InChI is InChI=1S/C25H28N2O5/c1-17(14-23(29)27-13-11-22-24(27)21(28)16-31-22)10-12-26-25(30)18-6-5-9-20(15-18)32-19-7-3-2-4-8-19/h2-9,15,17,22,24H,10-14,16H2,1H3,(H,26,30). The highest BCUT2D eigenvalue weighted by molar-refractivity contribution is 5.94. The first-order valence-corrected chi connectivity index (χ1v) is 11.1. The van der Waals surface area contributed by atoms with Crippen molar-refractivity contribution in [2.24, 2.45) is 5.92 Å². The van der Waals surface area contributed by atoms with Crippen LogP contribution >= 0.6 is 0 Å². The van der Waals surface area contributed by atoms with Gasteiger partial charge in [-0.3, -0.25) is 14.4 Å². The van der Waals surface area contributed by atoms with Crippen molar-refractivity contribution < 1.29 is 23.9 Å². The van der Waals surface area contributed by atoms with Gasteiger partial charge in [0, 0.05) is 25.1 Å². The zero-order valence-electron chi connectivity index (χ0n) is 18.2. The van der Waals surface area contributed by atoms with Crippen LogP contribution in [-0.2, 0) is 14.3 Å². The van der Waals surface area contributed by atoms with Gasteiger partial charge in [-0.1, -0.05) is 31.2 Å². The van der Waals surface area contributed by atoms with Crippen LogP contribution < -0.4 is 10.1 Å². The molecule has 3 atom stereocenters. The van der Waals surface area contributed by atoms with Crippen LogP contribution in [0.3, 0.4) is 0 Å². The first kappa shape index (κ1) is 22.0. The van der Waals surface area contributed by atoms with Crippen molar-refractivity contribution in [3.05, 3.63) is 60.2 Å². The summed E-state index contributed by atoms with van der Waals surface area (Å²) in [5.74, 6) is 1.20. The summed E-state index contributed by atoms with van der Waals surface area (Å²) in [6.07, 6.45) is 1.61. The molecule has 0 bridgehead atoms. The highest BCUT2D eigenvalue weighted by Gasteiger charge is 2.46. The third-order valence-corrected chi connectivity index (χ3v) is 5.95. The molecule has 2 saturated heterocycles. The minimum atomic E-state index is -0.403. The number of hydrogen-bond donors (Lipinski definition) is 1. The lowest BCUT2D eigenvalue weighted by Gasteiger charge is -2.23. The van der Waals surface area contributed by atoms with E-state index in [2.05, 4.69) is 5.32 Å². The molecule has 2 aromatic carbocycles. The Labute approximate surface area is 187 Å². The van der Waals surface area contributed by atoms with Crippen molar-refractivity contribution in [3.8, 4) is 11.5 Å². The van der Waals surface area contributed by atoms with E-state index < -0.39 is 6.04 Å². The minimum Gasteiger partial charge on any atom is -0.457 e. The number of rotatable bonds is 8. The Morgan fingerprint density at radius 2 is 1.94 bits per heavy atom. The molecule has 0 aromatic heterocycles. The van der Waals surface area contributed by atoms with Crippen LogP contribution in [0.1, 0.15) is 36.5 Å². The van der Waals surface area contributed by atoms with Gasteiger partial charge in [-0.15, -0.1) is 0 Å². The van der Waals surface area contributed by atoms with Crippen molar-refractivity contribution in [2.75, 3.05) is 19.7 Å². The van der Waals surface area contributed by atoms with E-state index in [9.17, 15) is 14.4 Å². The Kier molecular flexibility index (Phi) is 6.85. The lowest BCUT2D eigenvalue weighted by atomic mass is 10.0. The first-order valence-electron chi connectivity index (χ1n) is 11.1. The molecule has 4 rings (SSSR count). The monoisotopic (exact) mass is 436 g/mol. The summed E-state index contributed by atoms with van der Waals surface area (Å²) in [6, 6.07) is 16.0. The number of nitrogens with one attached hydrogen (secondary N) is 1. The highest BCUT2D eigenvalue weighted by Crippen LogP contribution is 2.28. The fourth-order valence-electron chi connectivity index (χ4n) is 4.25. The maximum Gasteiger partial charge on any atom is 0.251 e. The zero-order valence-corrected chi connectivity index (χ0v) is 18.2. The fourth-order valence-corrected chi connectivity index (χ4v) is 4.25. The maximum atomic E-state index is 12.7. The second kappa shape index (κ2) is 9.96. The number of nitrogens with zero attached hydrogens (tertiary/aromatic N) is 1. The van der Waals surface area contributed by atoms with Crippen LogP contribution in [0.4, 0.5) is 0 Å².